The molecule has 0 saturated heterocycles. The first-order chi connectivity index (χ1) is 23.5. The zero-order valence-corrected chi connectivity index (χ0v) is 30.0. The second-order valence-corrected chi connectivity index (χ2v) is 15.0. The Balaban J connectivity index is 1.57. The summed E-state index contributed by atoms with van der Waals surface area (Å²) in [6, 6.07) is 26.5. The van der Waals surface area contributed by atoms with E-state index in [1.165, 1.54) is 24.1 Å². The zero-order chi connectivity index (χ0) is 35.0. The molecule has 1 aliphatic carbocycles. The standard InChI is InChI=1S/C38H41Cl2N3O5S/c1-27-13-16-31(17-14-27)43(49(46,47)33-20-18-32(48-2)19-21-33)26-37(44)42(25-29-15-22-34(39)35(40)23-29)36(24-28-9-5-3-6-10-28)38(45)41-30-11-7-4-8-12-30/h3,5-6,9-10,13-23,30,36H,4,7-8,11-12,24-26H2,1-2H3,(H,41,45)/t36-/m0/s1. The van der Waals surface area contributed by atoms with Gasteiger partial charge in [0.25, 0.3) is 10.0 Å². The van der Waals surface area contributed by atoms with E-state index in [1.54, 1.807) is 54.6 Å². The van der Waals surface area contributed by atoms with Crippen LogP contribution in [0.4, 0.5) is 5.69 Å². The third kappa shape index (κ3) is 9.35. The number of nitrogens with zero attached hydrogens (tertiary/aromatic N) is 2. The number of benzene rings is 4. The van der Waals surface area contributed by atoms with E-state index >= 15 is 0 Å². The van der Waals surface area contributed by atoms with Crippen LogP contribution in [0.1, 0.15) is 48.8 Å². The van der Waals surface area contributed by atoms with Crippen molar-refractivity contribution in [3.63, 3.8) is 0 Å². The molecule has 1 atom stereocenters. The average Bonchev–Trinajstić information content (AvgIpc) is 3.11. The zero-order valence-electron chi connectivity index (χ0n) is 27.6. The first-order valence-electron chi connectivity index (χ1n) is 16.4. The molecule has 4 aromatic carbocycles. The maximum Gasteiger partial charge on any atom is 0.264 e. The lowest BCUT2D eigenvalue weighted by Gasteiger charge is -2.35. The van der Waals surface area contributed by atoms with Gasteiger partial charge >= 0.3 is 0 Å². The number of amides is 2. The summed E-state index contributed by atoms with van der Waals surface area (Å²) in [7, 11) is -2.74. The SMILES string of the molecule is COc1ccc(S(=O)(=O)N(CC(=O)N(Cc2ccc(Cl)c(Cl)c2)[C@@H](Cc2ccccc2)C(=O)NC2CCCCC2)c2ccc(C)cc2)cc1. The summed E-state index contributed by atoms with van der Waals surface area (Å²) >= 11 is 12.6. The molecule has 1 aliphatic rings. The van der Waals surface area contributed by atoms with E-state index in [2.05, 4.69) is 5.32 Å². The second-order valence-electron chi connectivity index (χ2n) is 12.3. The number of halogens is 2. The lowest BCUT2D eigenvalue weighted by molar-refractivity contribution is -0.140. The smallest absolute Gasteiger partial charge is 0.264 e. The number of methoxy groups -OCH3 is 1. The predicted octanol–water partition coefficient (Wildman–Crippen LogP) is 7.59. The van der Waals surface area contributed by atoms with Gasteiger partial charge in [0, 0.05) is 19.0 Å². The number of sulfonamides is 1. The number of carbonyl (C=O) groups is 2. The Kier molecular flexibility index (Phi) is 12.3. The normalized spacial score (nSPS) is 14.1. The number of aryl methyl sites for hydroxylation is 1. The Morgan fingerprint density at radius 1 is 0.857 bits per heavy atom. The van der Waals surface area contributed by atoms with Gasteiger partial charge in [-0.15, -0.1) is 0 Å². The van der Waals surface area contributed by atoms with Crippen LogP contribution in [-0.2, 0) is 32.6 Å². The van der Waals surface area contributed by atoms with Crippen molar-refractivity contribution in [2.75, 3.05) is 18.0 Å². The Morgan fingerprint density at radius 2 is 1.53 bits per heavy atom. The fraction of sp³-hybridized carbons (Fsp3) is 0.316. The maximum absolute atomic E-state index is 14.7. The Hall–Kier alpha value is -4.05. The summed E-state index contributed by atoms with van der Waals surface area (Å²) < 4.78 is 34.9. The van der Waals surface area contributed by atoms with E-state index in [1.807, 2.05) is 37.3 Å². The number of carbonyl (C=O) groups excluding carboxylic acids is 2. The highest BCUT2D eigenvalue weighted by atomic mass is 35.5. The molecule has 0 aliphatic heterocycles. The summed E-state index contributed by atoms with van der Waals surface area (Å²) in [5.74, 6) is -0.343. The number of ether oxygens (including phenoxy) is 1. The molecule has 1 N–H and O–H groups in total. The molecule has 0 unspecified atom stereocenters. The Labute approximate surface area is 299 Å². The van der Waals surface area contributed by atoms with E-state index in [4.69, 9.17) is 27.9 Å². The van der Waals surface area contributed by atoms with Crippen LogP contribution in [0.15, 0.2) is 102 Å². The first kappa shape index (κ1) is 36.2. The van der Waals surface area contributed by atoms with E-state index < -0.39 is 28.5 Å². The van der Waals surface area contributed by atoms with Crippen LogP contribution >= 0.6 is 23.2 Å². The van der Waals surface area contributed by atoms with Gasteiger partial charge in [0.15, 0.2) is 0 Å². The number of anilines is 1. The number of hydrogen-bond acceptors (Lipinski definition) is 5. The van der Waals surface area contributed by atoms with Crippen LogP contribution in [0.2, 0.25) is 10.0 Å². The van der Waals surface area contributed by atoms with Gasteiger partial charge in [0.1, 0.15) is 18.3 Å². The van der Waals surface area contributed by atoms with Gasteiger partial charge in [-0.05, 0) is 79.4 Å². The molecule has 0 aromatic heterocycles. The van der Waals surface area contributed by atoms with Crippen LogP contribution in [0.25, 0.3) is 0 Å². The van der Waals surface area contributed by atoms with Gasteiger partial charge in [0.05, 0.1) is 27.7 Å². The van der Waals surface area contributed by atoms with Crippen molar-refractivity contribution in [2.24, 2.45) is 0 Å². The molecule has 2 amide bonds. The fourth-order valence-corrected chi connectivity index (χ4v) is 7.78. The largest absolute Gasteiger partial charge is 0.497 e. The molecule has 5 rings (SSSR count). The molecule has 1 fully saturated rings. The van der Waals surface area contributed by atoms with Crippen molar-refractivity contribution in [1.82, 2.24) is 10.2 Å². The third-order valence-electron chi connectivity index (χ3n) is 8.81. The highest BCUT2D eigenvalue weighted by molar-refractivity contribution is 7.92. The molecule has 0 spiro atoms. The summed E-state index contributed by atoms with van der Waals surface area (Å²) in [6.07, 6.45) is 5.13. The third-order valence-corrected chi connectivity index (χ3v) is 11.3. The van der Waals surface area contributed by atoms with Crippen LogP contribution in [-0.4, -0.2) is 50.9 Å². The van der Waals surface area contributed by atoms with Crippen molar-refractivity contribution in [3.8, 4) is 5.75 Å². The average molecular weight is 723 g/mol. The van der Waals surface area contributed by atoms with E-state index in [-0.39, 0.29) is 29.8 Å². The molecule has 258 valence electrons. The van der Waals surface area contributed by atoms with Crippen molar-refractivity contribution in [1.29, 1.82) is 0 Å². The van der Waals surface area contributed by atoms with Gasteiger partial charge in [-0.3, -0.25) is 13.9 Å². The highest BCUT2D eigenvalue weighted by Crippen LogP contribution is 2.28. The minimum absolute atomic E-state index is 0.000887. The van der Waals surface area contributed by atoms with Gasteiger partial charge in [0.2, 0.25) is 11.8 Å². The molecule has 49 heavy (non-hydrogen) atoms. The van der Waals surface area contributed by atoms with Crippen molar-refractivity contribution < 1.29 is 22.7 Å². The van der Waals surface area contributed by atoms with Crippen molar-refractivity contribution in [2.45, 2.75) is 69.0 Å². The van der Waals surface area contributed by atoms with E-state index in [0.717, 1.165) is 47.5 Å². The molecule has 11 heteroatoms. The Morgan fingerprint density at radius 3 is 2.16 bits per heavy atom. The summed E-state index contributed by atoms with van der Waals surface area (Å²) in [5, 5.41) is 3.88. The number of nitrogens with one attached hydrogen (secondary N) is 1. The number of rotatable bonds is 13. The molecule has 0 bridgehead atoms. The molecular weight excluding hydrogens is 681 g/mol. The van der Waals surface area contributed by atoms with Gasteiger partial charge in [-0.1, -0.05) is 96.6 Å². The monoisotopic (exact) mass is 721 g/mol. The molecular formula is C38H41Cl2N3O5S. The second kappa shape index (κ2) is 16.6. The maximum atomic E-state index is 14.7. The first-order valence-corrected chi connectivity index (χ1v) is 18.6. The quantitative estimate of drug-likeness (QED) is 0.154. The van der Waals surface area contributed by atoms with Crippen LogP contribution in [0, 0.1) is 6.92 Å². The summed E-state index contributed by atoms with van der Waals surface area (Å²) in [5.41, 5.74) is 2.75. The van der Waals surface area contributed by atoms with E-state index in [0.29, 0.717) is 27.0 Å². The fourth-order valence-electron chi connectivity index (χ4n) is 6.05. The van der Waals surface area contributed by atoms with Gasteiger partial charge in [-0.2, -0.15) is 0 Å². The van der Waals surface area contributed by atoms with Crippen LogP contribution in [0.3, 0.4) is 0 Å². The van der Waals surface area contributed by atoms with E-state index in [9.17, 15) is 18.0 Å². The molecule has 0 radical (unpaired) electrons. The van der Waals surface area contributed by atoms with Gasteiger partial charge in [-0.25, -0.2) is 8.42 Å². The summed E-state index contributed by atoms with van der Waals surface area (Å²) in [6.45, 7) is 1.34. The van der Waals surface area contributed by atoms with Gasteiger partial charge < -0.3 is 15.0 Å². The molecule has 1 saturated carbocycles. The van der Waals surface area contributed by atoms with Crippen LogP contribution < -0.4 is 14.4 Å². The lowest BCUT2D eigenvalue weighted by Crippen LogP contribution is -2.55. The molecule has 4 aromatic rings. The van der Waals surface area contributed by atoms with Crippen LogP contribution in [0.5, 0.6) is 5.75 Å². The number of hydrogen-bond donors (Lipinski definition) is 1. The Bertz CT molecular complexity index is 1830. The highest BCUT2D eigenvalue weighted by Gasteiger charge is 2.35. The molecule has 8 nitrogen and oxygen atoms in total. The minimum Gasteiger partial charge on any atom is -0.497 e. The predicted molar refractivity (Wildman–Crippen MR) is 195 cm³/mol. The lowest BCUT2D eigenvalue weighted by atomic mass is 9.94. The topological polar surface area (TPSA) is 96.0 Å². The van der Waals surface area contributed by atoms with Crippen molar-refractivity contribution in [3.05, 3.63) is 124 Å². The summed E-state index contributed by atoms with van der Waals surface area (Å²) in [4.78, 5) is 30.4. The molecule has 0 heterocycles. The van der Waals surface area contributed by atoms with Crippen molar-refractivity contribution >= 4 is 50.7 Å². The minimum atomic E-state index is -4.24.